The molecular formula is C19H31IN4O2. The van der Waals surface area contributed by atoms with E-state index in [1.54, 1.807) is 7.05 Å². The third kappa shape index (κ3) is 7.49. The van der Waals surface area contributed by atoms with Crippen molar-refractivity contribution in [2.45, 2.75) is 45.8 Å². The van der Waals surface area contributed by atoms with Crippen molar-refractivity contribution in [3.63, 3.8) is 0 Å². The molecule has 0 atom stereocenters. The van der Waals surface area contributed by atoms with Crippen LogP contribution in [0.15, 0.2) is 29.3 Å². The largest absolute Gasteiger partial charge is 0.379 e. The Morgan fingerprint density at radius 1 is 1.27 bits per heavy atom. The molecule has 1 aliphatic rings. The fraction of sp³-hybridized carbons (Fsp3) is 0.579. The first-order chi connectivity index (χ1) is 12.1. The topological polar surface area (TPSA) is 66.0 Å². The molecule has 146 valence electrons. The summed E-state index contributed by atoms with van der Waals surface area (Å²) < 4.78 is 5.52. The quantitative estimate of drug-likeness (QED) is 0.263. The molecule has 6 nitrogen and oxygen atoms in total. The average Bonchev–Trinajstić information content (AvgIpc) is 3.03. The Hall–Kier alpha value is -1.35. The summed E-state index contributed by atoms with van der Waals surface area (Å²) in [5, 5.41) is 6.58. The molecule has 0 spiro atoms. The van der Waals surface area contributed by atoms with E-state index in [2.05, 4.69) is 27.8 Å². The SMILES string of the molecule is CN=C(NCCCOC(C)C)NCc1ccc(N2CCCC2=O)cc1.I. The molecule has 2 rings (SSSR count). The van der Waals surface area contributed by atoms with E-state index in [-0.39, 0.29) is 36.0 Å². The summed E-state index contributed by atoms with van der Waals surface area (Å²) in [6.45, 7) is 7.17. The molecule has 1 aromatic rings. The summed E-state index contributed by atoms with van der Waals surface area (Å²) in [5.41, 5.74) is 2.14. The van der Waals surface area contributed by atoms with E-state index in [4.69, 9.17) is 4.74 Å². The van der Waals surface area contributed by atoms with Crippen LogP contribution in [0.1, 0.15) is 38.7 Å². The molecule has 0 bridgehead atoms. The zero-order valence-electron chi connectivity index (χ0n) is 16.0. The zero-order chi connectivity index (χ0) is 18.1. The highest BCUT2D eigenvalue weighted by Crippen LogP contribution is 2.21. The maximum atomic E-state index is 11.8. The predicted octanol–water partition coefficient (Wildman–Crippen LogP) is 2.91. The number of rotatable bonds is 8. The Labute approximate surface area is 173 Å². The lowest BCUT2D eigenvalue weighted by Crippen LogP contribution is -2.37. The third-order valence-corrected chi connectivity index (χ3v) is 4.07. The fourth-order valence-electron chi connectivity index (χ4n) is 2.72. The van der Waals surface area contributed by atoms with E-state index in [9.17, 15) is 4.79 Å². The van der Waals surface area contributed by atoms with Crippen molar-refractivity contribution in [1.82, 2.24) is 10.6 Å². The van der Waals surface area contributed by atoms with Gasteiger partial charge in [0, 0.05) is 45.4 Å². The smallest absolute Gasteiger partial charge is 0.227 e. The molecule has 0 saturated carbocycles. The average molecular weight is 474 g/mol. The second kappa shape index (κ2) is 12.1. The molecule has 1 fully saturated rings. The van der Waals surface area contributed by atoms with E-state index in [1.807, 2.05) is 30.9 Å². The van der Waals surface area contributed by atoms with Gasteiger partial charge in [0.1, 0.15) is 0 Å². The van der Waals surface area contributed by atoms with Crippen LogP contribution in [0, 0.1) is 0 Å². The van der Waals surface area contributed by atoms with Gasteiger partial charge in [-0.05, 0) is 44.4 Å². The summed E-state index contributed by atoms with van der Waals surface area (Å²) in [5.74, 6) is 1.00. The molecule has 0 unspecified atom stereocenters. The van der Waals surface area contributed by atoms with Gasteiger partial charge < -0.3 is 20.3 Å². The number of carbonyl (C=O) groups is 1. The van der Waals surface area contributed by atoms with E-state index >= 15 is 0 Å². The number of amides is 1. The van der Waals surface area contributed by atoms with E-state index in [1.165, 1.54) is 0 Å². The number of nitrogens with zero attached hydrogens (tertiary/aromatic N) is 2. The van der Waals surface area contributed by atoms with Gasteiger partial charge in [0.15, 0.2) is 5.96 Å². The lowest BCUT2D eigenvalue weighted by Gasteiger charge is -2.16. The molecule has 1 aliphatic heterocycles. The Morgan fingerprint density at radius 3 is 2.58 bits per heavy atom. The summed E-state index contributed by atoms with van der Waals surface area (Å²) in [4.78, 5) is 17.9. The van der Waals surface area contributed by atoms with Gasteiger partial charge in [-0.25, -0.2) is 0 Å². The molecule has 2 N–H and O–H groups in total. The van der Waals surface area contributed by atoms with Gasteiger partial charge in [-0.1, -0.05) is 12.1 Å². The van der Waals surface area contributed by atoms with Crippen LogP contribution in [0.2, 0.25) is 0 Å². The molecule has 1 amide bonds. The second-order valence-electron chi connectivity index (χ2n) is 6.44. The first-order valence-corrected chi connectivity index (χ1v) is 9.05. The predicted molar refractivity (Wildman–Crippen MR) is 117 cm³/mol. The van der Waals surface area contributed by atoms with Gasteiger partial charge in [0.2, 0.25) is 5.91 Å². The van der Waals surface area contributed by atoms with Crippen LogP contribution in [0.3, 0.4) is 0 Å². The van der Waals surface area contributed by atoms with Crippen molar-refractivity contribution >= 4 is 41.5 Å². The number of nitrogens with one attached hydrogen (secondary N) is 2. The lowest BCUT2D eigenvalue weighted by atomic mass is 10.2. The van der Waals surface area contributed by atoms with Crippen molar-refractivity contribution in [3.05, 3.63) is 29.8 Å². The molecule has 1 aromatic carbocycles. The van der Waals surface area contributed by atoms with Gasteiger partial charge in [-0.15, -0.1) is 24.0 Å². The minimum Gasteiger partial charge on any atom is -0.379 e. The first-order valence-electron chi connectivity index (χ1n) is 9.05. The number of ether oxygens (including phenoxy) is 1. The van der Waals surface area contributed by atoms with Crippen LogP contribution < -0.4 is 15.5 Å². The molecule has 1 saturated heterocycles. The minimum absolute atomic E-state index is 0. The van der Waals surface area contributed by atoms with Crippen LogP contribution in [0.5, 0.6) is 0 Å². The van der Waals surface area contributed by atoms with Crippen LogP contribution in [-0.2, 0) is 16.1 Å². The number of carbonyl (C=O) groups excluding carboxylic acids is 1. The Balaban J connectivity index is 0.00000338. The van der Waals surface area contributed by atoms with Crippen molar-refractivity contribution in [3.8, 4) is 0 Å². The third-order valence-electron chi connectivity index (χ3n) is 4.07. The van der Waals surface area contributed by atoms with Crippen molar-refractivity contribution in [1.29, 1.82) is 0 Å². The van der Waals surface area contributed by atoms with Gasteiger partial charge in [-0.3, -0.25) is 9.79 Å². The number of hydrogen-bond donors (Lipinski definition) is 2. The molecule has 0 radical (unpaired) electrons. The number of hydrogen-bond acceptors (Lipinski definition) is 3. The highest BCUT2D eigenvalue weighted by molar-refractivity contribution is 14.0. The van der Waals surface area contributed by atoms with Crippen molar-refractivity contribution in [2.75, 3.05) is 31.6 Å². The monoisotopic (exact) mass is 474 g/mol. The standard InChI is InChI=1S/C19H30N4O2.HI/c1-15(2)25-13-5-11-21-19(20-3)22-14-16-7-9-17(10-8-16)23-12-4-6-18(23)24;/h7-10,15H,4-6,11-14H2,1-3H3,(H2,20,21,22);1H. The van der Waals surface area contributed by atoms with Gasteiger partial charge in [0.05, 0.1) is 6.10 Å². The molecule has 0 aromatic heterocycles. The highest BCUT2D eigenvalue weighted by Gasteiger charge is 2.21. The van der Waals surface area contributed by atoms with Crippen LogP contribution in [0.4, 0.5) is 5.69 Å². The fourth-order valence-corrected chi connectivity index (χ4v) is 2.72. The molecule has 26 heavy (non-hydrogen) atoms. The van der Waals surface area contributed by atoms with Gasteiger partial charge >= 0.3 is 0 Å². The molecular weight excluding hydrogens is 443 g/mol. The van der Waals surface area contributed by atoms with E-state index in [0.29, 0.717) is 13.0 Å². The number of benzene rings is 1. The minimum atomic E-state index is 0. The first kappa shape index (κ1) is 22.7. The van der Waals surface area contributed by atoms with Crippen molar-refractivity contribution in [2.24, 2.45) is 4.99 Å². The summed E-state index contributed by atoms with van der Waals surface area (Å²) in [6, 6.07) is 8.13. The van der Waals surface area contributed by atoms with E-state index in [0.717, 1.165) is 49.7 Å². The van der Waals surface area contributed by atoms with Gasteiger partial charge in [-0.2, -0.15) is 0 Å². The number of guanidine groups is 1. The molecule has 0 aliphatic carbocycles. The maximum Gasteiger partial charge on any atom is 0.227 e. The molecule has 1 heterocycles. The summed E-state index contributed by atoms with van der Waals surface area (Å²) in [7, 11) is 1.77. The summed E-state index contributed by atoms with van der Waals surface area (Å²) in [6.07, 6.45) is 2.83. The maximum absolute atomic E-state index is 11.8. The number of aliphatic imine (C=N–C) groups is 1. The number of halogens is 1. The Kier molecular flexibility index (Phi) is 10.6. The van der Waals surface area contributed by atoms with Gasteiger partial charge in [0.25, 0.3) is 0 Å². The number of anilines is 1. The Bertz CT molecular complexity index is 575. The van der Waals surface area contributed by atoms with Crippen LogP contribution in [-0.4, -0.2) is 44.7 Å². The normalized spacial score (nSPS) is 14.5. The molecule has 7 heteroatoms. The lowest BCUT2D eigenvalue weighted by molar-refractivity contribution is -0.117. The summed E-state index contributed by atoms with van der Waals surface area (Å²) >= 11 is 0. The highest BCUT2D eigenvalue weighted by atomic mass is 127. The Morgan fingerprint density at radius 2 is 2.00 bits per heavy atom. The second-order valence-corrected chi connectivity index (χ2v) is 6.44. The van der Waals surface area contributed by atoms with E-state index < -0.39 is 0 Å². The van der Waals surface area contributed by atoms with Crippen molar-refractivity contribution < 1.29 is 9.53 Å². The van der Waals surface area contributed by atoms with Crippen LogP contribution in [0.25, 0.3) is 0 Å². The zero-order valence-corrected chi connectivity index (χ0v) is 18.3. The van der Waals surface area contributed by atoms with Crippen LogP contribution >= 0.6 is 24.0 Å².